The van der Waals surface area contributed by atoms with Crippen LogP contribution in [0.15, 0.2) is 45.3 Å². The lowest BCUT2D eigenvalue weighted by Gasteiger charge is -2.15. The van der Waals surface area contributed by atoms with Crippen LogP contribution in [0.5, 0.6) is 0 Å². The molecule has 0 amide bonds. The first kappa shape index (κ1) is 33.0. The van der Waals surface area contributed by atoms with Gasteiger partial charge in [0.1, 0.15) is 5.69 Å². The lowest BCUT2D eigenvalue weighted by atomic mass is 10.1. The molecule has 3 N–H and O–H groups in total. The number of nitro groups is 2. The summed E-state index contributed by atoms with van der Waals surface area (Å²) in [7, 11) is 4.02. The van der Waals surface area contributed by atoms with Crippen molar-refractivity contribution in [3.8, 4) is 0 Å². The molecule has 0 bridgehead atoms. The Morgan fingerprint density at radius 3 is 1.87 bits per heavy atom. The van der Waals surface area contributed by atoms with Crippen LogP contribution in [-0.4, -0.2) is 88.4 Å². The van der Waals surface area contributed by atoms with Gasteiger partial charge in [0, 0.05) is 52.3 Å². The molecule has 0 saturated carbocycles. The van der Waals surface area contributed by atoms with Crippen molar-refractivity contribution in [2.75, 3.05) is 45.7 Å². The van der Waals surface area contributed by atoms with Crippen LogP contribution in [0.1, 0.15) is 19.8 Å². The number of aliphatic hydroxyl groups excluding tert-OH is 2. The Balaban J connectivity index is 0.000000226. The van der Waals surface area contributed by atoms with Crippen LogP contribution in [0.3, 0.4) is 0 Å². The summed E-state index contributed by atoms with van der Waals surface area (Å²) in [6, 6.07) is 9.20. The number of rotatable bonds is 6. The van der Waals surface area contributed by atoms with Gasteiger partial charge < -0.3 is 20.4 Å². The van der Waals surface area contributed by atoms with Crippen molar-refractivity contribution >= 4 is 48.9 Å². The predicted molar refractivity (Wildman–Crippen MR) is 154 cm³/mol. The van der Waals surface area contributed by atoms with Gasteiger partial charge in [-0.3, -0.25) is 25.1 Å². The average molecular weight is 679 g/mol. The van der Waals surface area contributed by atoms with E-state index in [1.165, 1.54) is 12.1 Å². The molecule has 2 aromatic rings. The van der Waals surface area contributed by atoms with Gasteiger partial charge in [0.2, 0.25) is 5.82 Å². The molecule has 0 aliphatic carbocycles. The van der Waals surface area contributed by atoms with Gasteiger partial charge in [-0.15, -0.1) is 0 Å². The molecule has 4 rings (SSSR count). The molecular formula is C25H34Br2FN5O6. The van der Waals surface area contributed by atoms with Crippen LogP contribution >= 0.6 is 31.9 Å². The number of hydrogen-bond donors (Lipinski definition) is 3. The molecule has 2 saturated heterocycles. The summed E-state index contributed by atoms with van der Waals surface area (Å²) in [5.41, 5.74) is 0.0639. The second kappa shape index (κ2) is 15.5. The Morgan fingerprint density at radius 1 is 0.923 bits per heavy atom. The van der Waals surface area contributed by atoms with E-state index in [0.717, 1.165) is 44.0 Å². The summed E-state index contributed by atoms with van der Waals surface area (Å²) in [6.07, 6.45) is 1.94. The third-order valence-corrected chi connectivity index (χ3v) is 7.61. The first-order valence-electron chi connectivity index (χ1n) is 12.3. The maximum atomic E-state index is 12.6. The third kappa shape index (κ3) is 10.0. The zero-order valence-electron chi connectivity index (χ0n) is 22.0. The van der Waals surface area contributed by atoms with Crippen molar-refractivity contribution in [1.29, 1.82) is 0 Å². The molecule has 14 heteroatoms. The number of aliphatic hydroxyl groups is 2. The van der Waals surface area contributed by atoms with Crippen LogP contribution in [-0.2, 0) is 0 Å². The fraction of sp³-hybridized carbons (Fsp3) is 0.520. The second-order valence-electron chi connectivity index (χ2n) is 9.74. The van der Waals surface area contributed by atoms with Gasteiger partial charge >= 0.3 is 5.69 Å². The van der Waals surface area contributed by atoms with Gasteiger partial charge in [-0.05, 0) is 57.1 Å². The van der Waals surface area contributed by atoms with Gasteiger partial charge in [0.25, 0.3) is 5.69 Å². The maximum Gasteiger partial charge on any atom is 0.305 e. The first-order valence-corrected chi connectivity index (χ1v) is 13.9. The predicted octanol–water partition coefficient (Wildman–Crippen LogP) is 4.65. The number of likely N-dealkylation sites (tertiary alicyclic amines) is 2. The number of benzene rings is 2. The third-order valence-electron chi connectivity index (χ3n) is 6.63. The Kier molecular flexibility index (Phi) is 13.1. The van der Waals surface area contributed by atoms with Crippen molar-refractivity contribution in [3.63, 3.8) is 0 Å². The van der Waals surface area contributed by atoms with E-state index in [2.05, 4.69) is 60.9 Å². The lowest BCUT2D eigenvalue weighted by Crippen LogP contribution is -2.28. The topological polar surface area (TPSA) is 145 Å². The Labute approximate surface area is 243 Å². The van der Waals surface area contributed by atoms with Crippen LogP contribution in [0.25, 0.3) is 0 Å². The fourth-order valence-corrected chi connectivity index (χ4v) is 5.29. The highest BCUT2D eigenvalue weighted by molar-refractivity contribution is 9.10. The highest BCUT2D eigenvalue weighted by atomic mass is 79.9. The largest absolute Gasteiger partial charge is 0.395 e. The van der Waals surface area contributed by atoms with Crippen molar-refractivity contribution in [1.82, 2.24) is 9.80 Å². The quantitative estimate of drug-likeness (QED) is 0.294. The molecule has 2 aromatic carbocycles. The fourth-order valence-electron chi connectivity index (χ4n) is 4.60. The number of nitro benzene ring substituents is 2. The Morgan fingerprint density at radius 2 is 1.44 bits per heavy atom. The van der Waals surface area contributed by atoms with E-state index in [1.807, 2.05) is 7.05 Å². The van der Waals surface area contributed by atoms with Crippen molar-refractivity contribution < 1.29 is 24.5 Å². The van der Waals surface area contributed by atoms with Crippen molar-refractivity contribution in [2.24, 2.45) is 5.92 Å². The number of hydrogen-bond acceptors (Lipinski definition) is 9. The van der Waals surface area contributed by atoms with Gasteiger partial charge in [-0.1, -0.05) is 38.8 Å². The number of halogens is 3. The zero-order valence-corrected chi connectivity index (χ0v) is 25.1. The molecule has 2 aliphatic heterocycles. The summed E-state index contributed by atoms with van der Waals surface area (Å²) in [5.74, 6) is -0.0506. The SMILES string of the molecule is CC1CC(CO)N(C)C1.CN1CC(Nc2ccc(Br)cc2[N+](=O)[O-])CC1CO.O=[N+]([O-])c1cc(Br)ccc1F. The van der Waals surface area contributed by atoms with Crippen LogP contribution in [0, 0.1) is 32.0 Å². The van der Waals surface area contributed by atoms with Crippen LogP contribution < -0.4 is 5.32 Å². The second-order valence-corrected chi connectivity index (χ2v) is 11.6. The van der Waals surface area contributed by atoms with Crippen LogP contribution in [0.4, 0.5) is 21.5 Å². The Bertz CT molecular complexity index is 1130. The maximum absolute atomic E-state index is 12.6. The number of nitrogens with zero attached hydrogens (tertiary/aromatic N) is 4. The van der Waals surface area contributed by atoms with E-state index in [1.54, 1.807) is 12.1 Å². The molecule has 4 atom stereocenters. The molecule has 4 unspecified atom stereocenters. The van der Waals surface area contributed by atoms with E-state index in [4.69, 9.17) is 5.11 Å². The van der Waals surface area contributed by atoms with Crippen molar-refractivity contribution in [3.05, 3.63) is 71.4 Å². The molecule has 0 spiro atoms. The number of anilines is 1. The first-order chi connectivity index (χ1) is 18.4. The van der Waals surface area contributed by atoms with Crippen molar-refractivity contribution in [2.45, 2.75) is 37.9 Å². The molecule has 11 nitrogen and oxygen atoms in total. The summed E-state index contributed by atoms with van der Waals surface area (Å²) in [6.45, 7) is 4.56. The highest BCUT2D eigenvalue weighted by Crippen LogP contribution is 2.30. The Hall–Kier alpha value is -2.23. The molecule has 39 heavy (non-hydrogen) atoms. The molecular weight excluding hydrogens is 645 g/mol. The molecule has 0 radical (unpaired) electrons. The van der Waals surface area contributed by atoms with Gasteiger partial charge in [0.15, 0.2) is 0 Å². The normalized spacial score (nSPS) is 22.9. The van der Waals surface area contributed by atoms with E-state index in [-0.39, 0.29) is 24.4 Å². The van der Waals surface area contributed by atoms with Gasteiger partial charge in [-0.2, -0.15) is 4.39 Å². The highest BCUT2D eigenvalue weighted by Gasteiger charge is 2.30. The molecule has 0 aromatic heterocycles. The molecule has 2 heterocycles. The van der Waals surface area contributed by atoms with E-state index >= 15 is 0 Å². The van der Waals surface area contributed by atoms with Gasteiger partial charge in [0.05, 0.1) is 23.1 Å². The minimum atomic E-state index is -0.821. The number of nitrogens with one attached hydrogen (secondary N) is 1. The average Bonchev–Trinajstić information content (AvgIpc) is 3.41. The summed E-state index contributed by atoms with van der Waals surface area (Å²) in [5, 5.41) is 42.4. The lowest BCUT2D eigenvalue weighted by molar-refractivity contribution is -0.387. The zero-order chi connectivity index (χ0) is 29.3. The molecule has 216 valence electrons. The minimum Gasteiger partial charge on any atom is -0.395 e. The monoisotopic (exact) mass is 677 g/mol. The smallest absolute Gasteiger partial charge is 0.305 e. The van der Waals surface area contributed by atoms with Gasteiger partial charge in [-0.25, -0.2) is 0 Å². The van der Waals surface area contributed by atoms with Crippen LogP contribution in [0.2, 0.25) is 0 Å². The minimum absolute atomic E-state index is 0.0597. The molecule has 2 fully saturated rings. The van der Waals surface area contributed by atoms with E-state index < -0.39 is 21.4 Å². The molecule has 2 aliphatic rings. The number of likely N-dealkylation sites (N-methyl/N-ethyl adjacent to an activating group) is 2. The summed E-state index contributed by atoms with van der Waals surface area (Å²) in [4.78, 5) is 24.3. The van der Waals surface area contributed by atoms with E-state index in [0.29, 0.717) is 27.3 Å². The summed E-state index contributed by atoms with van der Waals surface area (Å²) >= 11 is 6.23. The standard InChI is InChI=1S/C12H16BrN3O3.C7H15NO.C6H3BrFNO2/c1-15-6-9(5-10(15)7-17)14-11-3-2-8(13)4-12(11)16(18)19;1-6-3-7(5-9)8(2)4-6;7-4-1-2-5(8)6(3-4)9(10)11/h2-4,9-10,14,17H,5-7H2,1H3;6-7,9H,3-5H2,1-2H3;1-3H. The summed E-state index contributed by atoms with van der Waals surface area (Å²) < 4.78 is 13.7. The van der Waals surface area contributed by atoms with E-state index in [9.17, 15) is 29.7 Å².